The van der Waals surface area contributed by atoms with E-state index in [0.717, 1.165) is 40.5 Å². The first-order valence-corrected chi connectivity index (χ1v) is 7.09. The van der Waals surface area contributed by atoms with Crippen molar-refractivity contribution >= 4 is 22.9 Å². The highest BCUT2D eigenvalue weighted by Crippen LogP contribution is 2.34. The van der Waals surface area contributed by atoms with Gasteiger partial charge in [-0.3, -0.25) is 4.99 Å². The average Bonchev–Trinajstić information content (AvgIpc) is 2.99. The van der Waals surface area contributed by atoms with E-state index in [0.29, 0.717) is 11.4 Å². The molecule has 0 spiro atoms. The second-order valence-electron chi connectivity index (χ2n) is 5.30. The third kappa shape index (κ3) is 1.69. The van der Waals surface area contributed by atoms with Crippen molar-refractivity contribution in [3.8, 4) is 0 Å². The summed E-state index contributed by atoms with van der Waals surface area (Å²) in [5.74, 6) is 0.790. The molecule has 4 nitrogen and oxygen atoms in total. The number of rotatable bonds is 1. The zero-order valence-electron chi connectivity index (χ0n) is 11.8. The second-order valence-corrected chi connectivity index (χ2v) is 5.30. The Bertz CT molecular complexity index is 792. The van der Waals surface area contributed by atoms with Crippen LogP contribution in [0.2, 0.25) is 0 Å². The van der Waals surface area contributed by atoms with Gasteiger partial charge in [-0.1, -0.05) is 30.3 Å². The average molecular weight is 277 g/mol. The largest absolute Gasteiger partial charge is 0.618 e. The fourth-order valence-electron chi connectivity index (χ4n) is 3.03. The van der Waals surface area contributed by atoms with E-state index in [1.165, 1.54) is 0 Å². The van der Waals surface area contributed by atoms with Gasteiger partial charge in [0.15, 0.2) is 0 Å². The Kier molecular flexibility index (Phi) is 2.57. The van der Waals surface area contributed by atoms with E-state index in [4.69, 9.17) is 0 Å². The van der Waals surface area contributed by atoms with E-state index in [2.05, 4.69) is 9.89 Å². The highest BCUT2D eigenvalue weighted by Gasteiger charge is 2.38. The van der Waals surface area contributed by atoms with Crippen LogP contribution in [0.4, 0.5) is 11.4 Å². The van der Waals surface area contributed by atoms with E-state index in [9.17, 15) is 5.21 Å². The molecule has 0 radical (unpaired) electrons. The number of hydrogen-bond donors (Lipinski definition) is 0. The molecular weight excluding hydrogens is 262 g/mol. The third-order valence-electron chi connectivity index (χ3n) is 4.05. The van der Waals surface area contributed by atoms with E-state index in [-0.39, 0.29) is 0 Å². The van der Waals surface area contributed by atoms with Gasteiger partial charge in [0.2, 0.25) is 11.5 Å². The van der Waals surface area contributed by atoms with Gasteiger partial charge in [-0.15, -0.1) is 0 Å². The first-order valence-electron chi connectivity index (χ1n) is 7.09. The fraction of sp³-hybridized carbons (Fsp3) is 0.176. The lowest BCUT2D eigenvalue weighted by Gasteiger charge is -2.27. The summed E-state index contributed by atoms with van der Waals surface area (Å²) in [6.07, 6.45) is 0. The number of aryl methyl sites for hydroxylation is 1. The Balaban J connectivity index is 2.03. The molecule has 0 atom stereocenters. The molecule has 0 saturated heterocycles. The summed E-state index contributed by atoms with van der Waals surface area (Å²) in [6.45, 7) is 3.58. The van der Waals surface area contributed by atoms with Crippen molar-refractivity contribution in [2.45, 2.75) is 6.92 Å². The second kappa shape index (κ2) is 4.45. The number of aliphatic imine (C=N–C) groups is 1. The minimum atomic E-state index is 0.657. The molecule has 4 rings (SSSR count). The number of fused-ring (bicyclic) bond motifs is 3. The van der Waals surface area contributed by atoms with Gasteiger partial charge in [0, 0.05) is 12.6 Å². The van der Waals surface area contributed by atoms with Gasteiger partial charge < -0.3 is 10.1 Å². The van der Waals surface area contributed by atoms with Crippen LogP contribution in [0.5, 0.6) is 0 Å². The van der Waals surface area contributed by atoms with Crippen molar-refractivity contribution in [2.24, 2.45) is 4.99 Å². The standard InChI is InChI=1S/C17H15N3O/c1-12-6-2-3-7-13(12)16-17-18-10-11-19(17)14-8-4-5-9-15(14)20(16)21/h2-9H,10-11H2,1H3. The van der Waals surface area contributed by atoms with Gasteiger partial charge >= 0.3 is 0 Å². The van der Waals surface area contributed by atoms with Crippen molar-refractivity contribution in [2.75, 3.05) is 18.0 Å². The molecule has 21 heavy (non-hydrogen) atoms. The highest BCUT2D eigenvalue weighted by atomic mass is 16.5. The molecule has 0 aromatic heterocycles. The minimum absolute atomic E-state index is 0.657. The van der Waals surface area contributed by atoms with E-state index < -0.39 is 0 Å². The van der Waals surface area contributed by atoms with Gasteiger partial charge in [0.25, 0.3) is 5.71 Å². The summed E-state index contributed by atoms with van der Waals surface area (Å²) < 4.78 is 1.03. The lowest BCUT2D eigenvalue weighted by molar-refractivity contribution is -0.358. The lowest BCUT2D eigenvalue weighted by Crippen LogP contribution is -2.41. The zero-order valence-corrected chi connectivity index (χ0v) is 11.8. The van der Waals surface area contributed by atoms with Crippen molar-refractivity contribution in [1.82, 2.24) is 0 Å². The van der Waals surface area contributed by atoms with Crippen molar-refractivity contribution in [3.63, 3.8) is 0 Å². The maximum Gasteiger partial charge on any atom is 0.267 e. The summed E-state index contributed by atoms with van der Waals surface area (Å²) in [4.78, 5) is 6.71. The maximum absolute atomic E-state index is 12.9. The molecule has 0 fully saturated rings. The van der Waals surface area contributed by atoms with Crippen LogP contribution < -0.4 is 4.90 Å². The summed E-state index contributed by atoms with van der Waals surface area (Å²) in [7, 11) is 0. The van der Waals surface area contributed by atoms with E-state index in [1.54, 1.807) is 0 Å². The third-order valence-corrected chi connectivity index (χ3v) is 4.05. The number of hydrogen-bond acceptors (Lipinski definition) is 3. The topological polar surface area (TPSA) is 41.7 Å². The molecular formula is C17H15N3O. The Hall–Kier alpha value is -2.62. The van der Waals surface area contributed by atoms with E-state index in [1.807, 2.05) is 55.5 Å². The Morgan fingerprint density at radius 3 is 2.71 bits per heavy atom. The van der Waals surface area contributed by atoms with Gasteiger partial charge in [0.1, 0.15) is 5.69 Å². The summed E-state index contributed by atoms with van der Waals surface area (Å²) in [6, 6.07) is 15.7. The molecule has 2 heterocycles. The van der Waals surface area contributed by atoms with Gasteiger partial charge in [-0.2, -0.15) is 4.74 Å². The molecule has 0 amide bonds. The molecule has 0 unspecified atom stereocenters. The van der Waals surface area contributed by atoms with Crippen molar-refractivity contribution in [3.05, 3.63) is 64.9 Å². The van der Waals surface area contributed by atoms with E-state index >= 15 is 0 Å². The Morgan fingerprint density at radius 1 is 1.10 bits per heavy atom. The monoisotopic (exact) mass is 277 g/mol. The predicted molar refractivity (Wildman–Crippen MR) is 84.7 cm³/mol. The van der Waals surface area contributed by atoms with Crippen LogP contribution in [0, 0.1) is 12.1 Å². The molecule has 4 heteroatoms. The molecule has 0 aliphatic carbocycles. The van der Waals surface area contributed by atoms with Crippen molar-refractivity contribution < 1.29 is 4.74 Å². The van der Waals surface area contributed by atoms with Gasteiger partial charge in [-0.25, -0.2) is 0 Å². The van der Waals surface area contributed by atoms with Crippen LogP contribution in [-0.2, 0) is 0 Å². The van der Waals surface area contributed by atoms with Crippen LogP contribution in [0.15, 0.2) is 53.5 Å². The number of amidine groups is 1. The van der Waals surface area contributed by atoms with Crippen LogP contribution in [0.3, 0.4) is 0 Å². The highest BCUT2D eigenvalue weighted by molar-refractivity contribution is 6.51. The van der Waals surface area contributed by atoms with Crippen LogP contribution in [0.1, 0.15) is 11.1 Å². The smallest absolute Gasteiger partial charge is 0.267 e. The number of anilines is 1. The fourth-order valence-corrected chi connectivity index (χ4v) is 3.03. The van der Waals surface area contributed by atoms with Crippen LogP contribution >= 0.6 is 0 Å². The number of para-hydroxylation sites is 2. The normalized spacial score (nSPS) is 16.6. The SMILES string of the molecule is Cc1ccccc1C1=[N+]([O-])c2ccccc2N2CCN=C12. The van der Waals surface area contributed by atoms with Crippen LogP contribution in [0.25, 0.3) is 0 Å². The summed E-state index contributed by atoms with van der Waals surface area (Å²) in [5.41, 5.74) is 4.33. The Morgan fingerprint density at radius 2 is 1.86 bits per heavy atom. The molecule has 2 aliphatic heterocycles. The Labute approximate surface area is 123 Å². The zero-order chi connectivity index (χ0) is 14.4. The number of nitrogens with zero attached hydrogens (tertiary/aromatic N) is 3. The van der Waals surface area contributed by atoms with Crippen molar-refractivity contribution in [1.29, 1.82) is 0 Å². The molecule has 2 aliphatic rings. The molecule has 2 aromatic rings. The number of benzene rings is 2. The first-order chi connectivity index (χ1) is 10.3. The maximum atomic E-state index is 12.9. The van der Waals surface area contributed by atoms with Crippen LogP contribution in [-0.4, -0.2) is 29.4 Å². The quantitative estimate of drug-likeness (QED) is 0.594. The summed E-state index contributed by atoms with van der Waals surface area (Å²) in [5, 5.41) is 12.9. The minimum Gasteiger partial charge on any atom is -0.618 e. The molecule has 0 N–H and O–H groups in total. The van der Waals surface area contributed by atoms with Gasteiger partial charge in [0.05, 0.1) is 12.1 Å². The molecule has 0 bridgehead atoms. The lowest BCUT2D eigenvalue weighted by atomic mass is 10.0. The first kappa shape index (κ1) is 12.1. The molecule has 104 valence electrons. The van der Waals surface area contributed by atoms with Gasteiger partial charge in [-0.05, 0) is 24.6 Å². The predicted octanol–water partition coefficient (Wildman–Crippen LogP) is 2.86. The summed E-state index contributed by atoms with van der Waals surface area (Å²) >= 11 is 0. The molecule has 2 aromatic carbocycles. The molecule has 0 saturated carbocycles.